The average Bonchev–Trinajstić information content (AvgIpc) is 2.42. The van der Waals surface area contributed by atoms with Crippen LogP contribution in [0.2, 0.25) is 0 Å². The quantitative estimate of drug-likeness (QED) is 0.875. The van der Waals surface area contributed by atoms with Gasteiger partial charge in [0.05, 0.1) is 6.10 Å². The van der Waals surface area contributed by atoms with Gasteiger partial charge in [0, 0.05) is 24.8 Å². The Balaban J connectivity index is 2.02. The Kier molecular flexibility index (Phi) is 4.83. The zero-order valence-corrected chi connectivity index (χ0v) is 12.3. The molecule has 0 amide bonds. The summed E-state index contributed by atoms with van der Waals surface area (Å²) in [5.74, 6) is 0.356. The Morgan fingerprint density at radius 2 is 2.05 bits per heavy atom. The van der Waals surface area contributed by atoms with Crippen molar-refractivity contribution in [3.63, 3.8) is 0 Å². The van der Waals surface area contributed by atoms with Crippen molar-refractivity contribution in [1.29, 1.82) is 0 Å². The maximum absolute atomic E-state index is 9.78. The Morgan fingerprint density at radius 3 is 2.63 bits per heavy atom. The van der Waals surface area contributed by atoms with Gasteiger partial charge < -0.3 is 15.3 Å². The highest BCUT2D eigenvalue weighted by atomic mass is 16.3. The molecular formula is C16H26N2O. The van der Waals surface area contributed by atoms with Crippen LogP contribution in [0.15, 0.2) is 24.3 Å². The molecule has 1 aliphatic heterocycles. The number of hydrogen-bond donors (Lipinski definition) is 2. The first-order chi connectivity index (χ1) is 9.11. The predicted molar refractivity (Wildman–Crippen MR) is 80.5 cm³/mol. The molecule has 3 nitrogen and oxygen atoms in total. The van der Waals surface area contributed by atoms with E-state index in [2.05, 4.69) is 55.3 Å². The highest BCUT2D eigenvalue weighted by Gasteiger charge is 2.24. The second-order valence-corrected chi connectivity index (χ2v) is 5.65. The largest absolute Gasteiger partial charge is 0.393 e. The number of benzene rings is 1. The summed E-state index contributed by atoms with van der Waals surface area (Å²) >= 11 is 0. The van der Waals surface area contributed by atoms with Gasteiger partial charge in [-0.05, 0) is 43.5 Å². The van der Waals surface area contributed by atoms with E-state index in [-0.39, 0.29) is 6.10 Å². The summed E-state index contributed by atoms with van der Waals surface area (Å²) in [7, 11) is 0. The minimum Gasteiger partial charge on any atom is -0.393 e. The molecule has 1 aromatic rings. The third-order valence-corrected chi connectivity index (χ3v) is 4.13. The zero-order valence-electron chi connectivity index (χ0n) is 12.3. The lowest BCUT2D eigenvalue weighted by atomic mass is 9.96. The molecule has 2 rings (SSSR count). The van der Waals surface area contributed by atoms with Crippen molar-refractivity contribution >= 4 is 5.69 Å². The summed E-state index contributed by atoms with van der Waals surface area (Å²) < 4.78 is 0. The summed E-state index contributed by atoms with van der Waals surface area (Å²) in [6.07, 6.45) is 0.737. The standard InChI is InChI=1S/C16H26N2O/c1-4-17-13(3)14-5-7-15(8-6-14)18-10-9-16(19)12(2)11-18/h5-8,12-13,16-17,19H,4,9-11H2,1-3H3. The first-order valence-corrected chi connectivity index (χ1v) is 7.38. The number of hydrogen-bond acceptors (Lipinski definition) is 3. The van der Waals surface area contributed by atoms with Crippen molar-refractivity contribution in [2.75, 3.05) is 24.5 Å². The third-order valence-electron chi connectivity index (χ3n) is 4.13. The molecule has 0 aliphatic carbocycles. The highest BCUT2D eigenvalue weighted by molar-refractivity contribution is 5.48. The van der Waals surface area contributed by atoms with Crippen LogP contribution in [0.4, 0.5) is 5.69 Å². The molecule has 106 valence electrons. The van der Waals surface area contributed by atoms with E-state index in [1.165, 1.54) is 11.3 Å². The normalized spacial score (nSPS) is 25.4. The SMILES string of the molecule is CCNC(C)c1ccc(N2CCC(O)C(C)C2)cc1. The lowest BCUT2D eigenvalue weighted by molar-refractivity contribution is 0.0971. The van der Waals surface area contributed by atoms with E-state index < -0.39 is 0 Å². The van der Waals surface area contributed by atoms with Gasteiger partial charge in [0.15, 0.2) is 0 Å². The number of rotatable bonds is 4. The molecule has 1 aromatic carbocycles. The summed E-state index contributed by atoms with van der Waals surface area (Å²) in [6, 6.07) is 9.22. The molecular weight excluding hydrogens is 236 g/mol. The molecule has 0 aromatic heterocycles. The van der Waals surface area contributed by atoms with E-state index >= 15 is 0 Å². The molecule has 3 atom stereocenters. The monoisotopic (exact) mass is 262 g/mol. The predicted octanol–water partition coefficient (Wildman–Crippen LogP) is 2.56. The maximum atomic E-state index is 9.78. The maximum Gasteiger partial charge on any atom is 0.0599 e. The first kappa shape index (κ1) is 14.4. The first-order valence-electron chi connectivity index (χ1n) is 7.38. The number of anilines is 1. The van der Waals surface area contributed by atoms with Gasteiger partial charge in [0.1, 0.15) is 0 Å². The molecule has 3 heteroatoms. The Morgan fingerprint density at radius 1 is 1.37 bits per heavy atom. The smallest absolute Gasteiger partial charge is 0.0599 e. The second-order valence-electron chi connectivity index (χ2n) is 5.65. The summed E-state index contributed by atoms with van der Waals surface area (Å²) in [6.45, 7) is 9.34. The van der Waals surface area contributed by atoms with Crippen LogP contribution in [0.5, 0.6) is 0 Å². The van der Waals surface area contributed by atoms with Gasteiger partial charge in [-0.15, -0.1) is 0 Å². The Labute approximate surface area is 116 Å². The van der Waals surface area contributed by atoms with E-state index in [4.69, 9.17) is 0 Å². The van der Waals surface area contributed by atoms with Crippen LogP contribution >= 0.6 is 0 Å². The van der Waals surface area contributed by atoms with Crippen molar-refractivity contribution in [2.24, 2.45) is 5.92 Å². The van der Waals surface area contributed by atoms with Gasteiger partial charge in [-0.2, -0.15) is 0 Å². The fraction of sp³-hybridized carbons (Fsp3) is 0.625. The van der Waals surface area contributed by atoms with Crippen molar-refractivity contribution in [3.8, 4) is 0 Å². The van der Waals surface area contributed by atoms with E-state index in [9.17, 15) is 5.11 Å². The van der Waals surface area contributed by atoms with Crippen LogP contribution < -0.4 is 10.2 Å². The van der Waals surface area contributed by atoms with Crippen LogP contribution in [0.1, 0.15) is 38.8 Å². The number of nitrogens with zero attached hydrogens (tertiary/aromatic N) is 1. The van der Waals surface area contributed by atoms with Gasteiger partial charge >= 0.3 is 0 Å². The third kappa shape index (κ3) is 3.48. The topological polar surface area (TPSA) is 35.5 Å². The molecule has 1 heterocycles. The van der Waals surface area contributed by atoms with Gasteiger partial charge in [-0.3, -0.25) is 0 Å². The Bertz CT molecular complexity index is 390. The number of aliphatic hydroxyl groups excluding tert-OH is 1. The van der Waals surface area contributed by atoms with E-state index in [0.717, 1.165) is 26.1 Å². The van der Waals surface area contributed by atoms with Crippen LogP contribution in [-0.4, -0.2) is 30.8 Å². The zero-order chi connectivity index (χ0) is 13.8. The van der Waals surface area contributed by atoms with Crippen molar-refractivity contribution < 1.29 is 5.11 Å². The van der Waals surface area contributed by atoms with E-state index in [1.54, 1.807) is 0 Å². The van der Waals surface area contributed by atoms with Crippen molar-refractivity contribution in [1.82, 2.24) is 5.32 Å². The van der Waals surface area contributed by atoms with Gasteiger partial charge in [-0.25, -0.2) is 0 Å². The molecule has 3 unspecified atom stereocenters. The molecule has 19 heavy (non-hydrogen) atoms. The average molecular weight is 262 g/mol. The van der Waals surface area contributed by atoms with Gasteiger partial charge in [0.25, 0.3) is 0 Å². The molecule has 0 radical (unpaired) electrons. The summed E-state index contributed by atoms with van der Waals surface area (Å²) in [4.78, 5) is 2.37. The summed E-state index contributed by atoms with van der Waals surface area (Å²) in [5.41, 5.74) is 2.60. The number of nitrogens with one attached hydrogen (secondary N) is 1. The van der Waals surface area contributed by atoms with E-state index in [1.807, 2.05) is 0 Å². The molecule has 0 spiro atoms. The fourth-order valence-electron chi connectivity index (χ4n) is 2.77. The number of piperidine rings is 1. The van der Waals surface area contributed by atoms with Crippen LogP contribution in [0.25, 0.3) is 0 Å². The number of aliphatic hydroxyl groups is 1. The van der Waals surface area contributed by atoms with Crippen LogP contribution in [0, 0.1) is 5.92 Å². The Hall–Kier alpha value is -1.06. The second kappa shape index (κ2) is 6.40. The van der Waals surface area contributed by atoms with Gasteiger partial charge in [0.2, 0.25) is 0 Å². The molecule has 0 saturated carbocycles. The molecule has 1 aliphatic rings. The molecule has 0 bridgehead atoms. The lowest BCUT2D eigenvalue weighted by Crippen LogP contribution is -2.41. The van der Waals surface area contributed by atoms with E-state index in [0.29, 0.717) is 12.0 Å². The molecule has 2 N–H and O–H groups in total. The fourth-order valence-corrected chi connectivity index (χ4v) is 2.77. The van der Waals surface area contributed by atoms with Crippen LogP contribution in [0.3, 0.4) is 0 Å². The van der Waals surface area contributed by atoms with Crippen molar-refractivity contribution in [2.45, 2.75) is 39.3 Å². The van der Waals surface area contributed by atoms with Crippen molar-refractivity contribution in [3.05, 3.63) is 29.8 Å². The summed E-state index contributed by atoms with van der Waals surface area (Å²) in [5, 5.41) is 13.2. The highest BCUT2D eigenvalue weighted by Crippen LogP contribution is 2.24. The molecule has 1 saturated heterocycles. The minimum absolute atomic E-state index is 0.135. The minimum atomic E-state index is -0.135. The lowest BCUT2D eigenvalue weighted by Gasteiger charge is -2.36. The van der Waals surface area contributed by atoms with Crippen LogP contribution in [-0.2, 0) is 0 Å². The van der Waals surface area contributed by atoms with Gasteiger partial charge in [-0.1, -0.05) is 26.0 Å². The molecule has 1 fully saturated rings.